The molecule has 7 nitrogen and oxygen atoms in total. The summed E-state index contributed by atoms with van der Waals surface area (Å²) < 4.78 is 1.16. The molecule has 0 fully saturated rings. The molecule has 0 saturated carbocycles. The van der Waals surface area contributed by atoms with Gasteiger partial charge in [-0.1, -0.05) is 0 Å². The standard InChI is InChI=1S/C6H8N4O3/c1-7-6(11)5-4(10(12)13)3-8-9(5)2/h3H,1-2H3,(H,7,11). The van der Waals surface area contributed by atoms with Gasteiger partial charge in [0, 0.05) is 14.1 Å². The molecule has 1 aromatic rings. The van der Waals surface area contributed by atoms with Crippen LogP contribution in [0.2, 0.25) is 0 Å². The molecule has 0 spiro atoms. The number of nitro groups is 1. The van der Waals surface area contributed by atoms with Crippen molar-refractivity contribution in [2.45, 2.75) is 0 Å². The van der Waals surface area contributed by atoms with E-state index in [4.69, 9.17) is 0 Å². The van der Waals surface area contributed by atoms with Crippen molar-refractivity contribution in [3.8, 4) is 0 Å². The van der Waals surface area contributed by atoms with E-state index in [-0.39, 0.29) is 11.4 Å². The number of hydrogen-bond donors (Lipinski definition) is 1. The zero-order valence-corrected chi connectivity index (χ0v) is 7.14. The second-order valence-electron chi connectivity index (χ2n) is 2.34. The first-order valence-electron chi connectivity index (χ1n) is 3.46. The molecular weight excluding hydrogens is 176 g/mol. The largest absolute Gasteiger partial charge is 0.354 e. The van der Waals surface area contributed by atoms with E-state index in [0.717, 1.165) is 10.9 Å². The molecule has 0 aliphatic heterocycles. The molecule has 0 aromatic carbocycles. The Bertz CT molecular complexity index is 357. The molecule has 7 heteroatoms. The molecule has 70 valence electrons. The second-order valence-corrected chi connectivity index (χ2v) is 2.34. The third kappa shape index (κ3) is 1.48. The SMILES string of the molecule is CNC(=O)c1c([N+](=O)[O-])cnn1C. The van der Waals surface area contributed by atoms with Gasteiger partial charge in [0.2, 0.25) is 5.69 Å². The molecule has 1 rings (SSSR count). The topological polar surface area (TPSA) is 90.1 Å². The number of nitrogens with one attached hydrogen (secondary N) is 1. The molecular formula is C6H8N4O3. The van der Waals surface area contributed by atoms with Crippen LogP contribution in [0, 0.1) is 10.1 Å². The highest BCUT2D eigenvalue weighted by atomic mass is 16.6. The Morgan fingerprint density at radius 3 is 2.85 bits per heavy atom. The monoisotopic (exact) mass is 184 g/mol. The number of carbonyl (C=O) groups excluding carboxylic acids is 1. The van der Waals surface area contributed by atoms with E-state index in [1.54, 1.807) is 0 Å². The van der Waals surface area contributed by atoms with Crippen molar-refractivity contribution >= 4 is 11.6 Å². The minimum Gasteiger partial charge on any atom is -0.354 e. The highest BCUT2D eigenvalue weighted by Crippen LogP contribution is 2.15. The van der Waals surface area contributed by atoms with Crippen LogP contribution in [0.1, 0.15) is 10.5 Å². The van der Waals surface area contributed by atoms with Crippen LogP contribution < -0.4 is 5.32 Å². The molecule has 0 bridgehead atoms. The Morgan fingerprint density at radius 2 is 2.38 bits per heavy atom. The minimum absolute atomic E-state index is 0.0486. The van der Waals surface area contributed by atoms with Gasteiger partial charge in [0.1, 0.15) is 6.20 Å². The molecule has 0 unspecified atom stereocenters. The van der Waals surface area contributed by atoms with Gasteiger partial charge in [-0.2, -0.15) is 5.10 Å². The molecule has 1 amide bonds. The van der Waals surface area contributed by atoms with Gasteiger partial charge >= 0.3 is 5.69 Å². The first-order valence-corrected chi connectivity index (χ1v) is 3.46. The Balaban J connectivity index is 3.24. The summed E-state index contributed by atoms with van der Waals surface area (Å²) >= 11 is 0. The molecule has 1 aromatic heterocycles. The number of rotatable bonds is 2. The lowest BCUT2D eigenvalue weighted by molar-refractivity contribution is -0.385. The molecule has 0 atom stereocenters. The minimum atomic E-state index is -0.641. The van der Waals surface area contributed by atoms with Crippen molar-refractivity contribution in [2.24, 2.45) is 7.05 Å². The van der Waals surface area contributed by atoms with Crippen molar-refractivity contribution in [1.82, 2.24) is 15.1 Å². The van der Waals surface area contributed by atoms with Crippen LogP contribution in [0.5, 0.6) is 0 Å². The smallest absolute Gasteiger partial charge is 0.320 e. The van der Waals surface area contributed by atoms with E-state index in [2.05, 4.69) is 10.4 Å². The normalized spacial score (nSPS) is 9.69. The average Bonchev–Trinajstić information content (AvgIpc) is 2.46. The zero-order valence-electron chi connectivity index (χ0n) is 7.14. The molecule has 0 aliphatic rings. The van der Waals surface area contributed by atoms with Gasteiger partial charge in [0.15, 0.2) is 0 Å². The lowest BCUT2D eigenvalue weighted by Gasteiger charge is -1.98. The second kappa shape index (κ2) is 3.21. The predicted octanol–water partition coefficient (Wildman–Crippen LogP) is -0.312. The van der Waals surface area contributed by atoms with E-state index in [0.29, 0.717) is 0 Å². The summed E-state index contributed by atoms with van der Waals surface area (Å²) in [6, 6.07) is 0. The van der Waals surface area contributed by atoms with Crippen LogP contribution in [-0.2, 0) is 7.05 Å². The van der Waals surface area contributed by atoms with Gasteiger partial charge in [-0.15, -0.1) is 0 Å². The number of nitrogens with zero attached hydrogens (tertiary/aromatic N) is 3. The average molecular weight is 184 g/mol. The summed E-state index contributed by atoms with van der Waals surface area (Å²) in [5, 5.41) is 16.3. The van der Waals surface area contributed by atoms with Crippen molar-refractivity contribution in [3.05, 3.63) is 22.0 Å². The van der Waals surface area contributed by atoms with Gasteiger partial charge in [0.05, 0.1) is 4.92 Å². The van der Waals surface area contributed by atoms with Crippen molar-refractivity contribution < 1.29 is 9.72 Å². The maximum absolute atomic E-state index is 11.1. The maximum Gasteiger partial charge on any atom is 0.320 e. The summed E-state index contributed by atoms with van der Waals surface area (Å²) in [6.07, 6.45) is 1.05. The van der Waals surface area contributed by atoms with E-state index >= 15 is 0 Å². The van der Waals surface area contributed by atoms with E-state index < -0.39 is 10.8 Å². The van der Waals surface area contributed by atoms with Crippen LogP contribution >= 0.6 is 0 Å². The molecule has 1 N–H and O–H groups in total. The predicted molar refractivity (Wildman–Crippen MR) is 43.3 cm³/mol. The highest BCUT2D eigenvalue weighted by molar-refractivity contribution is 5.96. The summed E-state index contributed by atoms with van der Waals surface area (Å²) in [7, 11) is 2.87. The van der Waals surface area contributed by atoms with E-state index in [1.807, 2.05) is 0 Å². The Kier molecular flexibility index (Phi) is 2.27. The Morgan fingerprint density at radius 1 is 1.77 bits per heavy atom. The van der Waals surface area contributed by atoms with Crippen LogP contribution in [0.25, 0.3) is 0 Å². The fraction of sp³-hybridized carbons (Fsp3) is 0.333. The number of hydrogen-bond acceptors (Lipinski definition) is 4. The van der Waals surface area contributed by atoms with Crippen LogP contribution in [-0.4, -0.2) is 27.7 Å². The van der Waals surface area contributed by atoms with Gasteiger partial charge in [-0.3, -0.25) is 19.6 Å². The van der Waals surface area contributed by atoms with Gasteiger partial charge < -0.3 is 5.32 Å². The number of amides is 1. The summed E-state index contributed by atoms with van der Waals surface area (Å²) in [5.74, 6) is -0.522. The molecule has 0 aliphatic carbocycles. The molecule has 13 heavy (non-hydrogen) atoms. The lowest BCUT2D eigenvalue weighted by Crippen LogP contribution is -2.22. The third-order valence-electron chi connectivity index (χ3n) is 1.56. The zero-order chi connectivity index (χ0) is 10.0. The van der Waals surface area contributed by atoms with Crippen LogP contribution in [0.3, 0.4) is 0 Å². The quantitative estimate of drug-likeness (QED) is 0.504. The lowest BCUT2D eigenvalue weighted by atomic mass is 10.3. The summed E-state index contributed by atoms with van der Waals surface area (Å²) in [5.41, 5.74) is -0.339. The molecule has 0 radical (unpaired) electrons. The Hall–Kier alpha value is -1.92. The Labute approximate surface area is 73.5 Å². The highest BCUT2D eigenvalue weighted by Gasteiger charge is 2.24. The number of aryl methyl sites for hydroxylation is 1. The first-order chi connectivity index (χ1) is 6.07. The van der Waals surface area contributed by atoms with Crippen molar-refractivity contribution in [1.29, 1.82) is 0 Å². The number of aromatic nitrogens is 2. The summed E-state index contributed by atoms with van der Waals surface area (Å²) in [6.45, 7) is 0. The summed E-state index contributed by atoms with van der Waals surface area (Å²) in [4.78, 5) is 20.9. The molecule has 1 heterocycles. The van der Waals surface area contributed by atoms with Gasteiger partial charge in [-0.05, 0) is 0 Å². The van der Waals surface area contributed by atoms with Gasteiger partial charge in [0.25, 0.3) is 5.91 Å². The van der Waals surface area contributed by atoms with E-state index in [1.165, 1.54) is 14.1 Å². The number of carbonyl (C=O) groups is 1. The maximum atomic E-state index is 11.1. The van der Waals surface area contributed by atoms with Gasteiger partial charge in [-0.25, -0.2) is 0 Å². The van der Waals surface area contributed by atoms with Crippen molar-refractivity contribution in [2.75, 3.05) is 7.05 Å². The fourth-order valence-electron chi connectivity index (χ4n) is 0.941. The third-order valence-corrected chi connectivity index (χ3v) is 1.56. The first kappa shape index (κ1) is 9.17. The van der Waals surface area contributed by atoms with Crippen LogP contribution in [0.15, 0.2) is 6.20 Å². The van der Waals surface area contributed by atoms with Crippen LogP contribution in [0.4, 0.5) is 5.69 Å². The fourth-order valence-corrected chi connectivity index (χ4v) is 0.941. The molecule has 0 saturated heterocycles. The van der Waals surface area contributed by atoms with Crippen molar-refractivity contribution in [3.63, 3.8) is 0 Å². The van der Waals surface area contributed by atoms with E-state index in [9.17, 15) is 14.9 Å².